The predicted octanol–water partition coefficient (Wildman–Crippen LogP) is 2.68. The lowest BCUT2D eigenvalue weighted by Crippen LogP contribution is -2.50. The molecule has 2 aliphatic rings. The van der Waals surface area contributed by atoms with Crippen LogP contribution in [0, 0.1) is 17.8 Å². The number of anilines is 1. The molecule has 0 aromatic carbocycles. The SMILES string of the molecule is COc1nccnc1Cn1cc(NC(=O)[C@@H](NC(=O)c2ccnn2C(C)C)C(C2CC2)C2CC2)cn1. The molecule has 2 amide bonds. The van der Waals surface area contributed by atoms with Crippen molar-refractivity contribution in [3.05, 3.63) is 48.4 Å². The third kappa shape index (κ3) is 5.24. The third-order valence-corrected chi connectivity index (χ3v) is 6.82. The maximum Gasteiger partial charge on any atom is 0.270 e. The van der Waals surface area contributed by atoms with E-state index in [9.17, 15) is 9.59 Å². The fourth-order valence-corrected chi connectivity index (χ4v) is 4.87. The average Bonchev–Trinajstić information content (AvgIpc) is 3.79. The van der Waals surface area contributed by atoms with Gasteiger partial charge >= 0.3 is 0 Å². The van der Waals surface area contributed by atoms with Crippen LogP contribution in [-0.2, 0) is 11.3 Å². The van der Waals surface area contributed by atoms with E-state index >= 15 is 0 Å². The predicted molar refractivity (Wildman–Crippen MR) is 131 cm³/mol. The van der Waals surface area contributed by atoms with Crippen molar-refractivity contribution in [3.8, 4) is 5.88 Å². The minimum atomic E-state index is -0.628. The summed E-state index contributed by atoms with van der Waals surface area (Å²) in [6.07, 6.45) is 12.5. The highest BCUT2D eigenvalue weighted by Gasteiger charge is 2.48. The second-order valence-corrected chi connectivity index (χ2v) is 9.89. The van der Waals surface area contributed by atoms with Crippen molar-refractivity contribution in [1.29, 1.82) is 0 Å². The maximum atomic E-state index is 13.6. The van der Waals surface area contributed by atoms with Crippen LogP contribution in [0.15, 0.2) is 37.1 Å². The molecule has 0 saturated heterocycles. The Bertz CT molecular complexity index is 1220. The van der Waals surface area contributed by atoms with Gasteiger partial charge in [0.25, 0.3) is 5.91 Å². The summed E-state index contributed by atoms with van der Waals surface area (Å²) in [6, 6.07) is 1.10. The van der Waals surface area contributed by atoms with Crippen LogP contribution < -0.4 is 15.4 Å². The summed E-state index contributed by atoms with van der Waals surface area (Å²) in [7, 11) is 1.54. The number of nitrogens with one attached hydrogen (secondary N) is 2. The molecular formula is C25H32N8O3. The van der Waals surface area contributed by atoms with E-state index in [-0.39, 0.29) is 23.8 Å². The Kier molecular flexibility index (Phi) is 6.71. The zero-order valence-electron chi connectivity index (χ0n) is 20.8. The molecule has 0 radical (unpaired) electrons. The lowest BCUT2D eigenvalue weighted by atomic mass is 9.88. The van der Waals surface area contributed by atoms with Crippen LogP contribution in [-0.4, -0.2) is 54.5 Å². The monoisotopic (exact) mass is 492 g/mol. The first-order valence-electron chi connectivity index (χ1n) is 12.5. The van der Waals surface area contributed by atoms with Gasteiger partial charge in [0, 0.05) is 30.8 Å². The van der Waals surface area contributed by atoms with E-state index in [2.05, 4.69) is 30.8 Å². The molecule has 0 unspecified atom stereocenters. The molecule has 3 heterocycles. The van der Waals surface area contributed by atoms with Crippen LogP contribution >= 0.6 is 0 Å². The molecule has 5 rings (SSSR count). The lowest BCUT2D eigenvalue weighted by Gasteiger charge is -2.27. The largest absolute Gasteiger partial charge is 0.480 e. The molecule has 0 bridgehead atoms. The van der Waals surface area contributed by atoms with E-state index in [4.69, 9.17) is 4.74 Å². The molecule has 2 saturated carbocycles. The van der Waals surface area contributed by atoms with E-state index in [1.165, 1.54) is 0 Å². The van der Waals surface area contributed by atoms with Gasteiger partial charge in [0.05, 0.1) is 25.5 Å². The van der Waals surface area contributed by atoms with Gasteiger partial charge in [-0.05, 0) is 63.4 Å². The van der Waals surface area contributed by atoms with E-state index in [0.717, 1.165) is 25.7 Å². The first kappa shape index (κ1) is 24.0. The molecule has 2 fully saturated rings. The van der Waals surface area contributed by atoms with Crippen LogP contribution in [0.4, 0.5) is 5.69 Å². The van der Waals surface area contributed by atoms with E-state index in [1.54, 1.807) is 53.5 Å². The summed E-state index contributed by atoms with van der Waals surface area (Å²) in [6.45, 7) is 4.29. The average molecular weight is 493 g/mol. The molecule has 2 N–H and O–H groups in total. The quantitative estimate of drug-likeness (QED) is 0.421. The Morgan fingerprint density at radius 3 is 2.47 bits per heavy atom. The lowest BCUT2D eigenvalue weighted by molar-refractivity contribution is -0.119. The topological polar surface area (TPSA) is 129 Å². The molecule has 11 heteroatoms. The minimum absolute atomic E-state index is 0.0365. The Morgan fingerprint density at radius 1 is 1.08 bits per heavy atom. The molecule has 190 valence electrons. The zero-order valence-corrected chi connectivity index (χ0v) is 20.8. The first-order chi connectivity index (χ1) is 17.4. The fraction of sp³-hybridized carbons (Fsp3) is 0.520. The maximum absolute atomic E-state index is 13.6. The van der Waals surface area contributed by atoms with Crippen molar-refractivity contribution in [2.24, 2.45) is 17.8 Å². The number of aromatic nitrogens is 6. The van der Waals surface area contributed by atoms with Gasteiger partial charge in [0.2, 0.25) is 11.8 Å². The number of ether oxygens (including phenoxy) is 1. The smallest absolute Gasteiger partial charge is 0.270 e. The summed E-state index contributed by atoms with van der Waals surface area (Å²) in [5, 5.41) is 14.7. The summed E-state index contributed by atoms with van der Waals surface area (Å²) in [5.74, 6) is 0.991. The Labute approximate surface area is 209 Å². The van der Waals surface area contributed by atoms with Gasteiger partial charge in [-0.2, -0.15) is 10.2 Å². The first-order valence-corrected chi connectivity index (χ1v) is 12.5. The van der Waals surface area contributed by atoms with Gasteiger partial charge in [-0.3, -0.25) is 23.9 Å². The van der Waals surface area contributed by atoms with Gasteiger partial charge < -0.3 is 15.4 Å². The van der Waals surface area contributed by atoms with Gasteiger partial charge in [0.15, 0.2) is 0 Å². The standard InChI is InChI=1S/C25H32N8O3/c1-15(2)33-20(8-9-28-33)23(34)31-22(21(16-4-5-16)17-6-7-17)24(35)30-18-12-29-32(13-18)14-19-25(36-3)27-11-10-26-19/h8-13,15-17,21-22H,4-7,14H2,1-3H3,(H,30,35)(H,31,34)/t22-/m0/s1. The molecule has 2 aliphatic carbocycles. The molecular weight excluding hydrogens is 460 g/mol. The second kappa shape index (κ2) is 10.1. The van der Waals surface area contributed by atoms with Crippen molar-refractivity contribution < 1.29 is 14.3 Å². The fourth-order valence-electron chi connectivity index (χ4n) is 4.87. The zero-order chi connectivity index (χ0) is 25.2. The Hall–Kier alpha value is -3.76. The van der Waals surface area contributed by atoms with Crippen molar-refractivity contribution >= 4 is 17.5 Å². The Balaban J connectivity index is 1.32. The van der Waals surface area contributed by atoms with E-state index in [0.29, 0.717) is 41.3 Å². The minimum Gasteiger partial charge on any atom is -0.480 e. The Morgan fingerprint density at radius 2 is 1.81 bits per heavy atom. The van der Waals surface area contributed by atoms with Crippen LogP contribution in [0.25, 0.3) is 0 Å². The number of amides is 2. The summed E-state index contributed by atoms with van der Waals surface area (Å²) >= 11 is 0. The van der Waals surface area contributed by atoms with Crippen molar-refractivity contribution in [2.45, 2.75) is 58.2 Å². The van der Waals surface area contributed by atoms with Crippen LogP contribution in [0.5, 0.6) is 5.88 Å². The third-order valence-electron chi connectivity index (χ3n) is 6.82. The number of carbonyl (C=O) groups is 2. The van der Waals surface area contributed by atoms with Gasteiger partial charge in [-0.1, -0.05) is 0 Å². The molecule has 36 heavy (non-hydrogen) atoms. The number of rotatable bonds is 11. The van der Waals surface area contributed by atoms with Crippen LogP contribution in [0.1, 0.15) is 61.8 Å². The van der Waals surface area contributed by atoms with Crippen molar-refractivity contribution in [1.82, 2.24) is 34.8 Å². The molecule has 0 spiro atoms. The van der Waals surface area contributed by atoms with Gasteiger partial charge in [-0.15, -0.1) is 0 Å². The summed E-state index contributed by atoms with van der Waals surface area (Å²) in [4.78, 5) is 35.3. The summed E-state index contributed by atoms with van der Waals surface area (Å²) in [5.41, 5.74) is 1.65. The van der Waals surface area contributed by atoms with Gasteiger partial charge in [-0.25, -0.2) is 4.98 Å². The van der Waals surface area contributed by atoms with Crippen LogP contribution in [0.3, 0.4) is 0 Å². The van der Waals surface area contributed by atoms with Crippen molar-refractivity contribution in [3.63, 3.8) is 0 Å². The highest BCUT2D eigenvalue weighted by atomic mass is 16.5. The number of hydrogen-bond acceptors (Lipinski definition) is 7. The molecule has 11 nitrogen and oxygen atoms in total. The van der Waals surface area contributed by atoms with E-state index < -0.39 is 6.04 Å². The van der Waals surface area contributed by atoms with Crippen LogP contribution in [0.2, 0.25) is 0 Å². The highest BCUT2D eigenvalue weighted by molar-refractivity contribution is 6.00. The molecule has 1 atom stereocenters. The normalized spacial score (nSPS) is 16.2. The number of methoxy groups -OCH3 is 1. The number of nitrogens with zero attached hydrogens (tertiary/aromatic N) is 6. The summed E-state index contributed by atoms with van der Waals surface area (Å²) < 4.78 is 8.60. The molecule has 0 aliphatic heterocycles. The second-order valence-electron chi connectivity index (χ2n) is 9.89. The number of carbonyl (C=O) groups excluding carboxylic acids is 2. The van der Waals surface area contributed by atoms with E-state index in [1.807, 2.05) is 13.8 Å². The highest BCUT2D eigenvalue weighted by Crippen LogP contribution is 2.50. The number of hydrogen-bond donors (Lipinski definition) is 2. The van der Waals surface area contributed by atoms with Gasteiger partial charge in [0.1, 0.15) is 17.4 Å². The molecule has 3 aromatic heterocycles. The van der Waals surface area contributed by atoms with Crippen molar-refractivity contribution in [2.75, 3.05) is 12.4 Å². The molecule has 3 aromatic rings.